The number of benzene rings is 2. The van der Waals surface area contributed by atoms with Gasteiger partial charge in [-0.2, -0.15) is 0 Å². The summed E-state index contributed by atoms with van der Waals surface area (Å²) >= 11 is 0. The second-order valence-electron chi connectivity index (χ2n) is 5.49. The molecule has 0 saturated carbocycles. The van der Waals surface area contributed by atoms with E-state index in [1.54, 1.807) is 30.3 Å². The summed E-state index contributed by atoms with van der Waals surface area (Å²) in [5, 5.41) is 2.82. The van der Waals surface area contributed by atoms with Crippen molar-refractivity contribution in [3.05, 3.63) is 64.7 Å². The van der Waals surface area contributed by atoms with Crippen molar-refractivity contribution in [2.75, 3.05) is 11.9 Å². The molecule has 0 radical (unpaired) electrons. The molecule has 2 aromatic carbocycles. The van der Waals surface area contributed by atoms with Crippen LogP contribution in [0.25, 0.3) is 0 Å². The Balaban J connectivity index is 2.13. The first-order chi connectivity index (χ1) is 11.0. The fraction of sp³-hybridized carbons (Fsp3) is 0.263. The molecule has 0 aliphatic heterocycles. The average molecular weight is 311 g/mol. The van der Waals surface area contributed by atoms with Crippen molar-refractivity contribution in [1.82, 2.24) is 0 Å². The van der Waals surface area contributed by atoms with Crippen LogP contribution in [0.2, 0.25) is 0 Å². The SMILES string of the molecule is CCCOC(=O)c1cccc(NC(=O)c2ccc(C)cc2C)c1. The van der Waals surface area contributed by atoms with Gasteiger partial charge in [0, 0.05) is 11.3 Å². The number of hydrogen-bond donors (Lipinski definition) is 1. The Morgan fingerprint density at radius 3 is 2.57 bits per heavy atom. The topological polar surface area (TPSA) is 55.4 Å². The summed E-state index contributed by atoms with van der Waals surface area (Å²) in [6.45, 7) is 6.21. The van der Waals surface area contributed by atoms with Crippen molar-refractivity contribution >= 4 is 17.6 Å². The molecule has 4 heteroatoms. The quantitative estimate of drug-likeness (QED) is 0.845. The van der Waals surface area contributed by atoms with Crippen molar-refractivity contribution < 1.29 is 14.3 Å². The molecule has 2 aromatic rings. The first kappa shape index (κ1) is 16.7. The summed E-state index contributed by atoms with van der Waals surface area (Å²) in [4.78, 5) is 24.2. The van der Waals surface area contributed by atoms with Crippen LogP contribution in [0.15, 0.2) is 42.5 Å². The zero-order valence-corrected chi connectivity index (χ0v) is 13.7. The average Bonchev–Trinajstić information content (AvgIpc) is 2.52. The van der Waals surface area contributed by atoms with Crippen LogP contribution in [-0.4, -0.2) is 18.5 Å². The first-order valence-corrected chi connectivity index (χ1v) is 7.67. The van der Waals surface area contributed by atoms with E-state index in [0.717, 1.165) is 17.5 Å². The molecule has 0 aromatic heterocycles. The van der Waals surface area contributed by atoms with E-state index < -0.39 is 0 Å². The van der Waals surface area contributed by atoms with E-state index in [1.807, 2.05) is 32.9 Å². The Morgan fingerprint density at radius 2 is 1.87 bits per heavy atom. The second kappa shape index (κ2) is 7.58. The number of carbonyl (C=O) groups is 2. The van der Waals surface area contributed by atoms with Crippen molar-refractivity contribution in [1.29, 1.82) is 0 Å². The third-order valence-corrected chi connectivity index (χ3v) is 3.42. The van der Waals surface area contributed by atoms with Gasteiger partial charge in [0.1, 0.15) is 0 Å². The second-order valence-corrected chi connectivity index (χ2v) is 5.49. The van der Waals surface area contributed by atoms with Gasteiger partial charge in [0.15, 0.2) is 0 Å². The van der Waals surface area contributed by atoms with Gasteiger partial charge in [-0.25, -0.2) is 4.79 Å². The van der Waals surface area contributed by atoms with Crippen LogP contribution in [0.5, 0.6) is 0 Å². The molecule has 0 aliphatic rings. The van der Waals surface area contributed by atoms with Gasteiger partial charge < -0.3 is 10.1 Å². The zero-order chi connectivity index (χ0) is 16.8. The maximum Gasteiger partial charge on any atom is 0.338 e. The van der Waals surface area contributed by atoms with Gasteiger partial charge in [-0.05, 0) is 50.1 Å². The Kier molecular flexibility index (Phi) is 5.52. The maximum absolute atomic E-state index is 12.4. The van der Waals surface area contributed by atoms with E-state index in [2.05, 4.69) is 5.32 Å². The maximum atomic E-state index is 12.4. The minimum absolute atomic E-state index is 0.193. The first-order valence-electron chi connectivity index (χ1n) is 7.67. The van der Waals surface area contributed by atoms with Crippen LogP contribution in [0, 0.1) is 13.8 Å². The summed E-state index contributed by atoms with van der Waals surface area (Å²) in [6, 6.07) is 12.4. The molecule has 4 nitrogen and oxygen atoms in total. The Labute approximate surface area is 136 Å². The lowest BCUT2D eigenvalue weighted by Gasteiger charge is -2.10. The van der Waals surface area contributed by atoms with Crippen LogP contribution in [-0.2, 0) is 4.74 Å². The molecule has 1 amide bonds. The molecule has 0 spiro atoms. The van der Waals surface area contributed by atoms with E-state index in [-0.39, 0.29) is 11.9 Å². The molecule has 0 saturated heterocycles. The monoisotopic (exact) mass is 311 g/mol. The molecule has 0 bridgehead atoms. The highest BCUT2D eigenvalue weighted by atomic mass is 16.5. The fourth-order valence-electron chi connectivity index (χ4n) is 2.27. The highest BCUT2D eigenvalue weighted by Crippen LogP contribution is 2.16. The Morgan fingerprint density at radius 1 is 1.09 bits per heavy atom. The summed E-state index contributed by atoms with van der Waals surface area (Å²) in [5.41, 5.74) is 3.65. The fourth-order valence-corrected chi connectivity index (χ4v) is 2.27. The summed E-state index contributed by atoms with van der Waals surface area (Å²) in [6.07, 6.45) is 0.773. The van der Waals surface area contributed by atoms with Gasteiger partial charge in [-0.1, -0.05) is 30.7 Å². The van der Waals surface area contributed by atoms with Crippen molar-refractivity contribution in [3.8, 4) is 0 Å². The van der Waals surface area contributed by atoms with Gasteiger partial charge in [0.2, 0.25) is 0 Å². The molecule has 0 aliphatic carbocycles. The summed E-state index contributed by atoms with van der Waals surface area (Å²) in [7, 11) is 0. The number of ether oxygens (including phenoxy) is 1. The molecule has 120 valence electrons. The molecule has 0 fully saturated rings. The largest absolute Gasteiger partial charge is 0.462 e. The normalized spacial score (nSPS) is 10.2. The standard InChI is InChI=1S/C19H21NO3/c1-4-10-23-19(22)15-6-5-7-16(12-15)20-18(21)17-9-8-13(2)11-14(17)3/h5-9,11-12H,4,10H2,1-3H3,(H,20,21). The molecule has 0 unspecified atom stereocenters. The number of hydrogen-bond acceptors (Lipinski definition) is 3. The van der Waals surface area contributed by atoms with Crippen molar-refractivity contribution in [2.45, 2.75) is 27.2 Å². The van der Waals surface area contributed by atoms with Crippen LogP contribution in [0.4, 0.5) is 5.69 Å². The van der Waals surface area contributed by atoms with Crippen LogP contribution >= 0.6 is 0 Å². The number of rotatable bonds is 5. The van der Waals surface area contributed by atoms with E-state index in [0.29, 0.717) is 23.4 Å². The molecule has 0 heterocycles. The van der Waals surface area contributed by atoms with Gasteiger partial charge in [0.25, 0.3) is 5.91 Å². The highest BCUT2D eigenvalue weighted by Gasteiger charge is 2.11. The van der Waals surface area contributed by atoms with Gasteiger partial charge in [-0.3, -0.25) is 4.79 Å². The number of esters is 1. The summed E-state index contributed by atoms with van der Waals surface area (Å²) in [5.74, 6) is -0.573. The van der Waals surface area contributed by atoms with E-state index >= 15 is 0 Å². The molecule has 2 rings (SSSR count). The van der Waals surface area contributed by atoms with Gasteiger partial charge in [-0.15, -0.1) is 0 Å². The lowest BCUT2D eigenvalue weighted by molar-refractivity contribution is 0.0505. The third kappa shape index (κ3) is 4.42. The van der Waals surface area contributed by atoms with Crippen LogP contribution in [0.1, 0.15) is 45.2 Å². The van der Waals surface area contributed by atoms with Crippen LogP contribution in [0.3, 0.4) is 0 Å². The van der Waals surface area contributed by atoms with E-state index in [4.69, 9.17) is 4.74 Å². The van der Waals surface area contributed by atoms with E-state index in [1.165, 1.54) is 0 Å². The van der Waals surface area contributed by atoms with E-state index in [9.17, 15) is 9.59 Å². The number of carbonyl (C=O) groups excluding carboxylic acids is 2. The molecule has 0 atom stereocenters. The molecular weight excluding hydrogens is 290 g/mol. The van der Waals surface area contributed by atoms with Gasteiger partial charge in [0.05, 0.1) is 12.2 Å². The molecule has 1 N–H and O–H groups in total. The summed E-state index contributed by atoms with van der Waals surface area (Å²) < 4.78 is 5.10. The predicted molar refractivity (Wildman–Crippen MR) is 90.9 cm³/mol. The molecule has 23 heavy (non-hydrogen) atoms. The number of amides is 1. The van der Waals surface area contributed by atoms with Crippen molar-refractivity contribution in [3.63, 3.8) is 0 Å². The smallest absolute Gasteiger partial charge is 0.338 e. The highest BCUT2D eigenvalue weighted by molar-refractivity contribution is 6.05. The van der Waals surface area contributed by atoms with Crippen LogP contribution < -0.4 is 5.32 Å². The van der Waals surface area contributed by atoms with Crippen molar-refractivity contribution in [2.24, 2.45) is 0 Å². The minimum Gasteiger partial charge on any atom is -0.462 e. The third-order valence-electron chi connectivity index (χ3n) is 3.42. The molecular formula is C19H21NO3. The number of nitrogens with one attached hydrogen (secondary N) is 1. The van der Waals surface area contributed by atoms with Gasteiger partial charge >= 0.3 is 5.97 Å². The predicted octanol–water partition coefficient (Wildman–Crippen LogP) is 4.12. The number of aryl methyl sites for hydroxylation is 2. The number of anilines is 1. The zero-order valence-electron chi connectivity index (χ0n) is 13.7. The lowest BCUT2D eigenvalue weighted by Crippen LogP contribution is -2.14. The minimum atomic E-state index is -0.380. The lowest BCUT2D eigenvalue weighted by atomic mass is 10.1. The Bertz CT molecular complexity index is 722. The Hall–Kier alpha value is -2.62.